The van der Waals surface area contributed by atoms with Crippen molar-refractivity contribution in [3.05, 3.63) is 0 Å². The lowest BCUT2D eigenvalue weighted by Crippen LogP contribution is -2.63. The predicted molar refractivity (Wildman–Crippen MR) is 57.3 cm³/mol. The summed E-state index contributed by atoms with van der Waals surface area (Å²) in [5.74, 6) is 0. The van der Waals surface area contributed by atoms with Gasteiger partial charge in [0, 0.05) is 25.2 Å². The van der Waals surface area contributed by atoms with E-state index in [1.165, 1.54) is 25.8 Å². The monoisotopic (exact) mass is 198 g/mol. The minimum atomic E-state index is -0.115. The molecular formula is C11H22N2O. The molecule has 2 N–H and O–H groups in total. The molecule has 2 unspecified atom stereocenters. The minimum absolute atomic E-state index is 0.115. The normalized spacial score (nSPS) is 32.6. The Bertz CT molecular complexity index is 169. The third-order valence-corrected chi connectivity index (χ3v) is 3.68. The van der Waals surface area contributed by atoms with E-state index in [1.807, 2.05) is 0 Å². The van der Waals surface area contributed by atoms with Crippen molar-refractivity contribution in [2.45, 2.75) is 50.8 Å². The van der Waals surface area contributed by atoms with Crippen LogP contribution in [-0.2, 0) is 0 Å². The second-order valence-electron chi connectivity index (χ2n) is 4.59. The van der Waals surface area contributed by atoms with Gasteiger partial charge in [-0.1, -0.05) is 13.3 Å². The maximum atomic E-state index is 9.96. The lowest BCUT2D eigenvalue weighted by Gasteiger charge is -2.46. The zero-order valence-corrected chi connectivity index (χ0v) is 9.08. The van der Waals surface area contributed by atoms with Crippen LogP contribution in [0.4, 0.5) is 0 Å². The van der Waals surface area contributed by atoms with Crippen LogP contribution in [0, 0.1) is 0 Å². The molecule has 2 saturated heterocycles. The lowest BCUT2D eigenvalue weighted by atomic mass is 9.93. The molecule has 0 aromatic rings. The molecule has 0 radical (unpaired) electrons. The van der Waals surface area contributed by atoms with Gasteiger partial charge in [-0.2, -0.15) is 0 Å². The Morgan fingerprint density at radius 1 is 1.43 bits per heavy atom. The van der Waals surface area contributed by atoms with Gasteiger partial charge in [0.2, 0.25) is 0 Å². The summed E-state index contributed by atoms with van der Waals surface area (Å²) in [5.41, 5.74) is 0. The molecule has 2 atom stereocenters. The standard InChI is InChI=1S/C11H22N2O/c1-2-11(14)10-5-3-4-6-13(10)9-7-12-8-9/h9-12,14H,2-8H2,1H3. The van der Waals surface area contributed by atoms with Gasteiger partial charge in [0.05, 0.1) is 6.10 Å². The first-order valence-corrected chi connectivity index (χ1v) is 5.97. The van der Waals surface area contributed by atoms with Crippen molar-refractivity contribution in [1.82, 2.24) is 10.2 Å². The van der Waals surface area contributed by atoms with E-state index >= 15 is 0 Å². The molecule has 14 heavy (non-hydrogen) atoms. The molecule has 2 rings (SSSR count). The number of rotatable bonds is 3. The highest BCUT2D eigenvalue weighted by molar-refractivity contribution is 4.92. The number of aliphatic hydroxyl groups excluding tert-OH is 1. The van der Waals surface area contributed by atoms with Gasteiger partial charge in [-0.3, -0.25) is 4.90 Å². The summed E-state index contributed by atoms with van der Waals surface area (Å²) < 4.78 is 0. The Labute approximate surface area is 86.5 Å². The van der Waals surface area contributed by atoms with Gasteiger partial charge < -0.3 is 10.4 Å². The van der Waals surface area contributed by atoms with E-state index in [9.17, 15) is 5.11 Å². The fourth-order valence-electron chi connectivity index (χ4n) is 2.63. The molecule has 3 nitrogen and oxygen atoms in total. The highest BCUT2D eigenvalue weighted by Crippen LogP contribution is 2.24. The summed E-state index contributed by atoms with van der Waals surface area (Å²) in [7, 11) is 0. The molecule has 2 heterocycles. The number of hydrogen-bond acceptors (Lipinski definition) is 3. The first-order chi connectivity index (χ1) is 6.83. The van der Waals surface area contributed by atoms with Crippen LogP contribution in [-0.4, -0.2) is 47.8 Å². The summed E-state index contributed by atoms with van der Waals surface area (Å²) in [5, 5.41) is 13.3. The number of nitrogens with one attached hydrogen (secondary N) is 1. The lowest BCUT2D eigenvalue weighted by molar-refractivity contribution is -0.0134. The highest BCUT2D eigenvalue weighted by Gasteiger charge is 2.34. The number of hydrogen-bond donors (Lipinski definition) is 2. The molecule has 0 aromatic heterocycles. The first-order valence-electron chi connectivity index (χ1n) is 5.97. The van der Waals surface area contributed by atoms with Crippen molar-refractivity contribution >= 4 is 0 Å². The van der Waals surface area contributed by atoms with Crippen LogP contribution in [0.15, 0.2) is 0 Å². The number of nitrogens with zero attached hydrogens (tertiary/aromatic N) is 1. The topological polar surface area (TPSA) is 35.5 Å². The number of piperidine rings is 1. The fraction of sp³-hybridized carbons (Fsp3) is 1.00. The molecule has 2 aliphatic rings. The van der Waals surface area contributed by atoms with Crippen molar-refractivity contribution in [2.24, 2.45) is 0 Å². The maximum Gasteiger partial charge on any atom is 0.0692 e. The minimum Gasteiger partial charge on any atom is -0.392 e. The summed E-state index contributed by atoms with van der Waals surface area (Å²) in [4.78, 5) is 2.54. The van der Waals surface area contributed by atoms with Crippen LogP contribution in [0.1, 0.15) is 32.6 Å². The fourth-order valence-corrected chi connectivity index (χ4v) is 2.63. The molecule has 2 fully saturated rings. The van der Waals surface area contributed by atoms with Crippen molar-refractivity contribution in [3.63, 3.8) is 0 Å². The molecule has 3 heteroatoms. The van der Waals surface area contributed by atoms with E-state index in [0.29, 0.717) is 12.1 Å². The first kappa shape index (κ1) is 10.4. The quantitative estimate of drug-likeness (QED) is 0.696. The molecule has 82 valence electrons. The third-order valence-electron chi connectivity index (χ3n) is 3.68. The van der Waals surface area contributed by atoms with Gasteiger partial charge in [-0.25, -0.2) is 0 Å². The Morgan fingerprint density at radius 2 is 2.21 bits per heavy atom. The zero-order chi connectivity index (χ0) is 9.97. The van der Waals surface area contributed by atoms with E-state index in [1.54, 1.807) is 0 Å². The number of likely N-dealkylation sites (tertiary alicyclic amines) is 1. The van der Waals surface area contributed by atoms with Crippen molar-refractivity contribution < 1.29 is 5.11 Å². The Morgan fingerprint density at radius 3 is 2.79 bits per heavy atom. The van der Waals surface area contributed by atoms with Crippen LogP contribution >= 0.6 is 0 Å². The largest absolute Gasteiger partial charge is 0.392 e. The van der Waals surface area contributed by atoms with E-state index < -0.39 is 0 Å². The Balaban J connectivity index is 1.95. The second-order valence-corrected chi connectivity index (χ2v) is 4.59. The third kappa shape index (κ3) is 1.95. The average molecular weight is 198 g/mol. The van der Waals surface area contributed by atoms with Crippen molar-refractivity contribution in [3.8, 4) is 0 Å². The van der Waals surface area contributed by atoms with Gasteiger partial charge in [0.1, 0.15) is 0 Å². The molecule has 0 aromatic carbocycles. The molecule has 0 saturated carbocycles. The number of aliphatic hydroxyl groups is 1. The smallest absolute Gasteiger partial charge is 0.0692 e. The van der Waals surface area contributed by atoms with E-state index in [0.717, 1.165) is 19.5 Å². The van der Waals surface area contributed by atoms with Crippen molar-refractivity contribution in [2.75, 3.05) is 19.6 Å². The Kier molecular flexibility index (Phi) is 3.42. The highest BCUT2D eigenvalue weighted by atomic mass is 16.3. The summed E-state index contributed by atoms with van der Waals surface area (Å²) >= 11 is 0. The van der Waals surface area contributed by atoms with Crippen LogP contribution in [0.25, 0.3) is 0 Å². The molecule has 0 bridgehead atoms. The Hall–Kier alpha value is -0.120. The predicted octanol–water partition coefficient (Wildman–Crippen LogP) is 0.584. The molecule has 0 aliphatic carbocycles. The van der Waals surface area contributed by atoms with Crippen LogP contribution < -0.4 is 5.32 Å². The summed E-state index contributed by atoms with van der Waals surface area (Å²) in [6, 6.07) is 1.13. The molecule has 0 amide bonds. The van der Waals surface area contributed by atoms with Gasteiger partial charge in [-0.05, 0) is 25.8 Å². The molecule has 0 spiro atoms. The van der Waals surface area contributed by atoms with Gasteiger partial charge in [-0.15, -0.1) is 0 Å². The van der Waals surface area contributed by atoms with Crippen LogP contribution in [0.3, 0.4) is 0 Å². The summed E-state index contributed by atoms with van der Waals surface area (Å²) in [6.45, 7) is 5.50. The van der Waals surface area contributed by atoms with Crippen molar-refractivity contribution in [1.29, 1.82) is 0 Å². The summed E-state index contributed by atoms with van der Waals surface area (Å²) in [6.07, 6.45) is 4.56. The van der Waals surface area contributed by atoms with E-state index in [-0.39, 0.29) is 6.10 Å². The van der Waals surface area contributed by atoms with Gasteiger partial charge in [0.25, 0.3) is 0 Å². The zero-order valence-electron chi connectivity index (χ0n) is 9.08. The average Bonchev–Trinajstić information content (AvgIpc) is 2.15. The SMILES string of the molecule is CCC(O)C1CCCCN1C1CNC1. The molecule has 2 aliphatic heterocycles. The van der Waals surface area contributed by atoms with Crippen LogP contribution in [0.5, 0.6) is 0 Å². The molecular weight excluding hydrogens is 176 g/mol. The van der Waals surface area contributed by atoms with Gasteiger partial charge in [0.15, 0.2) is 0 Å². The van der Waals surface area contributed by atoms with Gasteiger partial charge >= 0.3 is 0 Å². The van der Waals surface area contributed by atoms with Crippen LogP contribution in [0.2, 0.25) is 0 Å². The van der Waals surface area contributed by atoms with E-state index in [4.69, 9.17) is 0 Å². The maximum absolute atomic E-state index is 9.96. The van der Waals surface area contributed by atoms with E-state index in [2.05, 4.69) is 17.1 Å². The second kappa shape index (κ2) is 4.60.